The Balaban J connectivity index is 2.05. The molecule has 2 aliphatic heterocycles. The third kappa shape index (κ3) is 16.5. The van der Waals surface area contributed by atoms with E-state index in [9.17, 15) is 19.2 Å². The smallest absolute Gasteiger partial charge is 0.306 e. The van der Waals surface area contributed by atoms with Crippen LogP contribution in [-0.4, -0.2) is 73.3 Å². The van der Waals surface area contributed by atoms with Gasteiger partial charge in [0.25, 0.3) is 0 Å². The molecular formula is C28H38O8S8. The average Bonchev–Trinajstić information content (AvgIpc) is 3.55. The van der Waals surface area contributed by atoms with Gasteiger partial charge in [0.05, 0.1) is 77.5 Å². The zero-order valence-corrected chi connectivity index (χ0v) is 31.7. The number of esters is 4. The maximum absolute atomic E-state index is 11.8. The molecule has 0 N–H and O–H groups in total. The summed E-state index contributed by atoms with van der Waals surface area (Å²) in [6, 6.07) is 0. The molecule has 44 heavy (non-hydrogen) atoms. The molecule has 8 nitrogen and oxygen atoms in total. The Morgan fingerprint density at radius 2 is 0.705 bits per heavy atom. The Morgan fingerprint density at radius 1 is 0.477 bits per heavy atom. The second kappa shape index (κ2) is 23.9. The number of rotatable bonds is 21. The van der Waals surface area contributed by atoms with Crippen molar-refractivity contribution >= 4 is 118 Å². The lowest BCUT2D eigenvalue weighted by Gasteiger charge is -2.05. The van der Waals surface area contributed by atoms with Crippen molar-refractivity contribution in [3.63, 3.8) is 0 Å². The molecule has 246 valence electrons. The first-order valence-electron chi connectivity index (χ1n) is 14.0. The summed E-state index contributed by atoms with van der Waals surface area (Å²) in [6.45, 7) is 8.68. The standard InChI is InChI=1S/C28H38O8S8/c1-5-33-19(29)11-15-37-25-26(38-16-12-20(30)34-6-2)42-23(41-25)9-10-24-43-27(39-17-13-21(31)35-7-3)28(44-24)40-18-14-22(32)36-8-4/h9-10H,5-8,11-18H2,1-4H3. The molecule has 0 aromatic rings. The maximum atomic E-state index is 11.8. The van der Waals surface area contributed by atoms with Crippen molar-refractivity contribution in [3.05, 3.63) is 37.6 Å². The summed E-state index contributed by atoms with van der Waals surface area (Å²) in [4.78, 5) is 47.3. The summed E-state index contributed by atoms with van der Waals surface area (Å²) >= 11 is 13.2. The van der Waals surface area contributed by atoms with E-state index in [1.807, 2.05) is 0 Å². The zero-order chi connectivity index (χ0) is 32.2. The predicted molar refractivity (Wildman–Crippen MR) is 195 cm³/mol. The summed E-state index contributed by atoms with van der Waals surface area (Å²) in [7, 11) is 0. The van der Waals surface area contributed by atoms with Gasteiger partial charge in [-0.3, -0.25) is 19.2 Å². The lowest BCUT2D eigenvalue weighted by molar-refractivity contribution is -0.143. The van der Waals surface area contributed by atoms with Crippen molar-refractivity contribution in [1.29, 1.82) is 0 Å². The fraction of sp³-hybridized carbons (Fsp3) is 0.571. The molecule has 2 aliphatic rings. The molecule has 0 amide bonds. The Hall–Kier alpha value is -0.360. The second-order valence-electron chi connectivity index (χ2n) is 8.14. The highest BCUT2D eigenvalue weighted by Gasteiger charge is 2.25. The molecular weight excluding hydrogens is 721 g/mol. The number of allylic oxidation sites excluding steroid dienone is 2. The Kier molecular flexibility index (Phi) is 21.6. The van der Waals surface area contributed by atoms with Crippen molar-refractivity contribution in [2.75, 3.05) is 49.4 Å². The number of hydrogen-bond acceptors (Lipinski definition) is 16. The molecule has 0 bridgehead atoms. The first-order chi connectivity index (χ1) is 21.3. The van der Waals surface area contributed by atoms with Gasteiger partial charge >= 0.3 is 23.9 Å². The minimum absolute atomic E-state index is 0.206. The molecule has 0 unspecified atom stereocenters. The van der Waals surface area contributed by atoms with Crippen LogP contribution >= 0.6 is 94.1 Å². The highest BCUT2D eigenvalue weighted by atomic mass is 32.3. The van der Waals surface area contributed by atoms with Crippen molar-refractivity contribution in [2.45, 2.75) is 53.4 Å². The fourth-order valence-corrected chi connectivity index (χ4v) is 14.3. The number of hydrogen-bond donors (Lipinski definition) is 0. The molecule has 16 heteroatoms. The van der Waals surface area contributed by atoms with Gasteiger partial charge < -0.3 is 18.9 Å². The number of ether oxygens (including phenoxy) is 4. The van der Waals surface area contributed by atoms with Crippen molar-refractivity contribution in [2.24, 2.45) is 0 Å². The molecule has 0 spiro atoms. The molecule has 0 radical (unpaired) electrons. The average molecular weight is 759 g/mol. The van der Waals surface area contributed by atoms with Crippen LogP contribution in [-0.2, 0) is 38.1 Å². The van der Waals surface area contributed by atoms with E-state index in [0.717, 1.165) is 25.4 Å². The maximum Gasteiger partial charge on any atom is 0.306 e. The van der Waals surface area contributed by atoms with Crippen LogP contribution in [0.15, 0.2) is 37.6 Å². The number of carbonyl (C=O) groups excluding carboxylic acids is 4. The van der Waals surface area contributed by atoms with Crippen molar-refractivity contribution in [1.82, 2.24) is 0 Å². The van der Waals surface area contributed by atoms with Crippen LogP contribution in [0.5, 0.6) is 0 Å². The van der Waals surface area contributed by atoms with Crippen LogP contribution in [0.1, 0.15) is 53.4 Å². The predicted octanol–water partition coefficient (Wildman–Crippen LogP) is 8.63. The van der Waals surface area contributed by atoms with Gasteiger partial charge in [-0.25, -0.2) is 0 Å². The minimum Gasteiger partial charge on any atom is -0.466 e. The molecule has 0 aromatic heterocycles. The topological polar surface area (TPSA) is 105 Å². The first kappa shape index (κ1) is 39.8. The molecule has 0 fully saturated rings. The normalized spacial score (nSPS) is 14.6. The summed E-state index contributed by atoms with van der Waals surface area (Å²) < 4.78 is 26.9. The Labute approximate surface area is 294 Å². The van der Waals surface area contributed by atoms with Crippen LogP contribution in [0.3, 0.4) is 0 Å². The minimum atomic E-state index is -0.206. The Morgan fingerprint density at radius 3 is 0.909 bits per heavy atom. The fourth-order valence-electron chi connectivity index (χ4n) is 3.04. The zero-order valence-electron chi connectivity index (χ0n) is 25.2. The lowest BCUT2D eigenvalue weighted by atomic mass is 10.5. The van der Waals surface area contributed by atoms with E-state index in [1.165, 1.54) is 0 Å². The van der Waals surface area contributed by atoms with Crippen LogP contribution in [0, 0.1) is 0 Å². The third-order valence-corrected chi connectivity index (χ3v) is 15.7. The van der Waals surface area contributed by atoms with Crippen molar-refractivity contribution < 1.29 is 38.1 Å². The van der Waals surface area contributed by atoms with E-state index in [-0.39, 0.29) is 23.9 Å². The summed E-state index contributed by atoms with van der Waals surface area (Å²) in [6.07, 6.45) is 5.55. The summed E-state index contributed by atoms with van der Waals surface area (Å²) in [5.41, 5.74) is 0. The first-order valence-corrected chi connectivity index (χ1v) is 21.3. The van der Waals surface area contributed by atoms with Gasteiger partial charge in [-0.15, -0.1) is 47.0 Å². The lowest BCUT2D eigenvalue weighted by Crippen LogP contribution is -2.04. The molecule has 0 saturated carbocycles. The largest absolute Gasteiger partial charge is 0.466 e. The van der Waals surface area contributed by atoms with E-state index in [4.69, 9.17) is 18.9 Å². The van der Waals surface area contributed by atoms with Gasteiger partial charge in [0.1, 0.15) is 0 Å². The highest BCUT2D eigenvalue weighted by Crippen LogP contribution is 2.59. The van der Waals surface area contributed by atoms with Gasteiger partial charge in [-0.05, 0) is 39.8 Å². The Bertz CT molecular complexity index is 957. The number of thioether (sulfide) groups is 8. The van der Waals surface area contributed by atoms with Gasteiger partial charge in [0.2, 0.25) is 0 Å². The van der Waals surface area contributed by atoms with E-state index < -0.39 is 0 Å². The summed E-state index contributed by atoms with van der Waals surface area (Å²) in [5.74, 6) is 1.65. The van der Waals surface area contributed by atoms with Gasteiger partial charge in [0, 0.05) is 23.0 Å². The molecule has 0 saturated heterocycles. The molecule has 2 rings (SSSR count). The van der Waals surface area contributed by atoms with Crippen LogP contribution in [0.2, 0.25) is 0 Å². The van der Waals surface area contributed by atoms with Crippen LogP contribution in [0.4, 0.5) is 0 Å². The molecule has 0 aliphatic carbocycles. The highest BCUT2D eigenvalue weighted by molar-refractivity contribution is 8.41. The number of carbonyl (C=O) groups is 4. The summed E-state index contributed by atoms with van der Waals surface area (Å²) in [5, 5.41) is 0. The molecule has 2 heterocycles. The van der Waals surface area contributed by atoms with Gasteiger partial charge in [-0.2, -0.15) is 0 Å². The van der Waals surface area contributed by atoms with E-state index in [0.29, 0.717) is 75.1 Å². The van der Waals surface area contributed by atoms with Gasteiger partial charge in [-0.1, -0.05) is 47.0 Å². The van der Waals surface area contributed by atoms with Crippen molar-refractivity contribution in [3.8, 4) is 0 Å². The SMILES string of the molecule is CCOC(=O)CCSC1=C(SCCC(=O)OCC)SC(=CC=C2SC(SCCC(=O)OCC)=C(SCCC(=O)OCC)S2)S1. The third-order valence-electron chi connectivity index (χ3n) is 4.84. The molecule has 0 aromatic carbocycles. The van der Waals surface area contributed by atoms with Gasteiger partial charge in [0.15, 0.2) is 0 Å². The van der Waals surface area contributed by atoms with Crippen LogP contribution in [0.25, 0.3) is 0 Å². The van der Waals surface area contributed by atoms with E-state index >= 15 is 0 Å². The van der Waals surface area contributed by atoms with E-state index in [1.54, 1.807) is 122 Å². The second-order valence-corrected chi connectivity index (χ2v) is 18.3. The quantitative estimate of drug-likeness (QED) is 0.0823. The monoisotopic (exact) mass is 758 g/mol. The molecule has 0 atom stereocenters. The van der Waals surface area contributed by atoms with Crippen LogP contribution < -0.4 is 0 Å². The van der Waals surface area contributed by atoms with E-state index in [2.05, 4.69) is 12.2 Å².